The second kappa shape index (κ2) is 3.45. The van der Waals surface area contributed by atoms with Gasteiger partial charge in [-0.3, -0.25) is 4.79 Å². The molecule has 0 aromatic heterocycles. The van der Waals surface area contributed by atoms with Crippen molar-refractivity contribution in [1.82, 2.24) is 4.90 Å². The van der Waals surface area contributed by atoms with Gasteiger partial charge in [0.05, 0.1) is 6.04 Å². The molecule has 88 valence electrons. The molecule has 0 N–H and O–H groups in total. The van der Waals surface area contributed by atoms with Gasteiger partial charge in [0.15, 0.2) is 0 Å². The van der Waals surface area contributed by atoms with Crippen LogP contribution in [0.3, 0.4) is 0 Å². The average molecular weight is 235 g/mol. The van der Waals surface area contributed by atoms with Crippen LogP contribution >= 0.6 is 0 Å². The highest BCUT2D eigenvalue weighted by Crippen LogP contribution is 2.42. The third kappa shape index (κ3) is 1.15. The summed E-state index contributed by atoms with van der Waals surface area (Å²) < 4.78 is 0. The number of hydrogen-bond donors (Lipinski definition) is 0. The minimum absolute atomic E-state index is 0.138. The minimum atomic E-state index is 0.138. The van der Waals surface area contributed by atoms with E-state index in [4.69, 9.17) is 0 Å². The Labute approximate surface area is 106 Å². The number of benzene rings is 2. The van der Waals surface area contributed by atoms with Crippen LogP contribution in [0.15, 0.2) is 48.5 Å². The zero-order chi connectivity index (χ0) is 12.1. The lowest BCUT2D eigenvalue weighted by atomic mass is 9.90. The molecule has 0 fully saturated rings. The summed E-state index contributed by atoms with van der Waals surface area (Å²) in [6, 6.07) is 16.6. The van der Waals surface area contributed by atoms with Crippen molar-refractivity contribution in [3.8, 4) is 0 Å². The predicted octanol–water partition coefficient (Wildman–Crippen LogP) is 2.79. The van der Waals surface area contributed by atoms with Gasteiger partial charge < -0.3 is 4.90 Å². The Balaban J connectivity index is 1.97. The molecular weight excluding hydrogens is 222 g/mol. The molecule has 2 aliphatic rings. The van der Waals surface area contributed by atoms with Gasteiger partial charge >= 0.3 is 0 Å². The van der Waals surface area contributed by atoms with Gasteiger partial charge in [-0.05, 0) is 29.2 Å². The molecule has 0 unspecified atom stereocenters. The molecule has 1 amide bonds. The third-order valence-electron chi connectivity index (χ3n) is 4.03. The van der Waals surface area contributed by atoms with Crippen LogP contribution in [0.4, 0.5) is 0 Å². The highest BCUT2D eigenvalue weighted by Gasteiger charge is 2.39. The minimum Gasteiger partial charge on any atom is -0.327 e. The van der Waals surface area contributed by atoms with E-state index < -0.39 is 0 Å². The van der Waals surface area contributed by atoms with Gasteiger partial charge in [0.2, 0.25) is 0 Å². The molecule has 0 bridgehead atoms. The van der Waals surface area contributed by atoms with Crippen molar-refractivity contribution in [3.05, 3.63) is 70.8 Å². The number of hydrogen-bond acceptors (Lipinski definition) is 1. The molecule has 0 radical (unpaired) electrons. The van der Waals surface area contributed by atoms with Gasteiger partial charge in [-0.1, -0.05) is 42.5 Å². The average Bonchev–Trinajstić information content (AvgIpc) is 2.73. The fraction of sp³-hybridized carbons (Fsp3) is 0.188. The van der Waals surface area contributed by atoms with Crippen LogP contribution < -0.4 is 0 Å². The largest absolute Gasteiger partial charge is 0.327 e. The van der Waals surface area contributed by atoms with E-state index in [0.717, 1.165) is 24.1 Å². The fourth-order valence-corrected chi connectivity index (χ4v) is 3.21. The maximum Gasteiger partial charge on any atom is 0.255 e. The van der Waals surface area contributed by atoms with Crippen LogP contribution in [0.25, 0.3) is 0 Å². The second-order valence-electron chi connectivity index (χ2n) is 4.94. The Bertz CT molecular complexity index is 647. The van der Waals surface area contributed by atoms with Gasteiger partial charge in [-0.2, -0.15) is 0 Å². The summed E-state index contributed by atoms with van der Waals surface area (Å²) in [5.41, 5.74) is 4.71. The molecule has 4 rings (SSSR count). The number of carbonyl (C=O) groups excluding carboxylic acids is 1. The van der Waals surface area contributed by atoms with E-state index in [9.17, 15) is 4.79 Å². The Morgan fingerprint density at radius 2 is 1.67 bits per heavy atom. The maximum atomic E-state index is 12.4. The topological polar surface area (TPSA) is 20.3 Å². The molecular formula is C16H13NO. The fourth-order valence-electron chi connectivity index (χ4n) is 3.21. The third-order valence-corrected chi connectivity index (χ3v) is 4.03. The molecule has 0 aliphatic carbocycles. The number of amides is 1. The van der Waals surface area contributed by atoms with Gasteiger partial charge in [-0.15, -0.1) is 0 Å². The van der Waals surface area contributed by atoms with Crippen molar-refractivity contribution >= 4 is 5.91 Å². The van der Waals surface area contributed by atoms with Gasteiger partial charge in [-0.25, -0.2) is 0 Å². The molecule has 2 nitrogen and oxygen atoms in total. The summed E-state index contributed by atoms with van der Waals surface area (Å²) in [7, 11) is 0. The Morgan fingerprint density at radius 1 is 0.944 bits per heavy atom. The summed E-state index contributed by atoms with van der Waals surface area (Å²) in [5, 5.41) is 0. The van der Waals surface area contributed by atoms with Crippen molar-refractivity contribution in [2.75, 3.05) is 6.54 Å². The first-order valence-corrected chi connectivity index (χ1v) is 6.34. The highest BCUT2D eigenvalue weighted by atomic mass is 16.2. The summed E-state index contributed by atoms with van der Waals surface area (Å²) in [6.07, 6.45) is 0.965. The van der Waals surface area contributed by atoms with E-state index >= 15 is 0 Å². The van der Waals surface area contributed by atoms with Crippen molar-refractivity contribution in [2.45, 2.75) is 12.5 Å². The smallest absolute Gasteiger partial charge is 0.255 e. The lowest BCUT2D eigenvalue weighted by Gasteiger charge is -2.32. The zero-order valence-electron chi connectivity index (χ0n) is 9.97. The standard InChI is InChI=1S/C16H13NO/c18-16-14-8-4-3-7-13(14)15-12-6-2-1-5-11(12)9-10-17(15)16/h1-8,15H,9-10H2/t15-/m1/s1. The van der Waals surface area contributed by atoms with E-state index in [-0.39, 0.29) is 11.9 Å². The summed E-state index contributed by atoms with van der Waals surface area (Å²) in [5.74, 6) is 0.185. The second-order valence-corrected chi connectivity index (χ2v) is 4.94. The number of carbonyl (C=O) groups is 1. The van der Waals surface area contributed by atoms with E-state index in [1.54, 1.807) is 0 Å². The van der Waals surface area contributed by atoms with Crippen LogP contribution in [0.2, 0.25) is 0 Å². The van der Waals surface area contributed by atoms with Crippen LogP contribution in [-0.4, -0.2) is 17.4 Å². The van der Waals surface area contributed by atoms with Crippen LogP contribution in [-0.2, 0) is 6.42 Å². The van der Waals surface area contributed by atoms with Crippen molar-refractivity contribution < 1.29 is 4.79 Å². The molecule has 18 heavy (non-hydrogen) atoms. The van der Waals surface area contributed by atoms with Crippen molar-refractivity contribution in [1.29, 1.82) is 0 Å². The van der Waals surface area contributed by atoms with E-state index in [1.165, 1.54) is 11.1 Å². The summed E-state index contributed by atoms with van der Waals surface area (Å²) >= 11 is 0. The SMILES string of the molecule is O=C1c2ccccc2[C@H]2c3ccccc3CCN12. The molecule has 0 saturated carbocycles. The number of nitrogens with zero attached hydrogens (tertiary/aromatic N) is 1. The predicted molar refractivity (Wildman–Crippen MR) is 69.5 cm³/mol. The first-order valence-electron chi connectivity index (χ1n) is 6.34. The van der Waals surface area contributed by atoms with Gasteiger partial charge in [0.25, 0.3) is 5.91 Å². The van der Waals surface area contributed by atoms with E-state index in [1.807, 2.05) is 23.1 Å². The Hall–Kier alpha value is -2.09. The number of rotatable bonds is 0. The first-order chi connectivity index (χ1) is 8.86. The maximum absolute atomic E-state index is 12.4. The molecule has 2 aromatic carbocycles. The molecule has 2 aromatic rings. The normalized spacial score (nSPS) is 20.3. The summed E-state index contributed by atoms with van der Waals surface area (Å²) in [4.78, 5) is 14.4. The first kappa shape index (κ1) is 9.89. The summed E-state index contributed by atoms with van der Waals surface area (Å²) in [6.45, 7) is 0.829. The Kier molecular flexibility index (Phi) is 1.90. The highest BCUT2D eigenvalue weighted by molar-refractivity contribution is 6.00. The molecule has 2 heterocycles. The molecule has 2 aliphatic heterocycles. The monoisotopic (exact) mass is 235 g/mol. The van der Waals surface area contributed by atoms with Crippen molar-refractivity contribution in [2.24, 2.45) is 0 Å². The van der Waals surface area contributed by atoms with Crippen LogP contribution in [0, 0.1) is 0 Å². The zero-order valence-corrected chi connectivity index (χ0v) is 9.97. The molecule has 1 atom stereocenters. The van der Waals surface area contributed by atoms with Crippen molar-refractivity contribution in [3.63, 3.8) is 0 Å². The molecule has 0 spiro atoms. The van der Waals surface area contributed by atoms with Gasteiger partial charge in [0, 0.05) is 12.1 Å². The molecule has 0 saturated heterocycles. The lowest BCUT2D eigenvalue weighted by Crippen LogP contribution is -2.34. The van der Waals surface area contributed by atoms with E-state index in [2.05, 4.69) is 30.3 Å². The quantitative estimate of drug-likeness (QED) is 0.687. The number of fused-ring (bicyclic) bond motifs is 5. The van der Waals surface area contributed by atoms with Crippen LogP contribution in [0.1, 0.15) is 33.1 Å². The lowest BCUT2D eigenvalue weighted by molar-refractivity contribution is 0.0740. The Morgan fingerprint density at radius 3 is 2.56 bits per heavy atom. The van der Waals surface area contributed by atoms with Gasteiger partial charge in [0.1, 0.15) is 0 Å². The molecule has 2 heteroatoms. The van der Waals surface area contributed by atoms with Crippen LogP contribution in [0.5, 0.6) is 0 Å². The van der Waals surface area contributed by atoms with E-state index in [0.29, 0.717) is 0 Å².